The van der Waals surface area contributed by atoms with Gasteiger partial charge >= 0.3 is 0 Å². The van der Waals surface area contributed by atoms with Gasteiger partial charge in [0.25, 0.3) is 17.7 Å². The van der Waals surface area contributed by atoms with E-state index in [4.69, 9.17) is 9.47 Å². The fraction of sp³-hybridized carbons (Fsp3) is 0.378. The Morgan fingerprint density at radius 2 is 1.49 bits per heavy atom. The van der Waals surface area contributed by atoms with Crippen LogP contribution in [0.2, 0.25) is 18.6 Å². The van der Waals surface area contributed by atoms with Gasteiger partial charge in [-0.25, -0.2) is 0 Å². The minimum Gasteiger partial charge on any atom is -0.497 e. The van der Waals surface area contributed by atoms with Gasteiger partial charge < -0.3 is 45.2 Å². The van der Waals surface area contributed by atoms with E-state index in [-0.39, 0.29) is 43.5 Å². The van der Waals surface area contributed by atoms with Crippen molar-refractivity contribution in [2.75, 3.05) is 35.8 Å². The first-order valence-corrected chi connectivity index (χ1v) is 23.0. The van der Waals surface area contributed by atoms with Gasteiger partial charge in [0, 0.05) is 35.9 Å². The van der Waals surface area contributed by atoms with E-state index < -0.39 is 49.7 Å². The molecular formula is C45H54N4O9Si. The second-order valence-electron chi connectivity index (χ2n) is 16.0. The van der Waals surface area contributed by atoms with Gasteiger partial charge in [0.05, 0.1) is 46.5 Å². The lowest BCUT2D eigenvalue weighted by atomic mass is 9.82. The van der Waals surface area contributed by atoms with Gasteiger partial charge in [0.15, 0.2) is 5.60 Å². The Labute approximate surface area is 346 Å². The average Bonchev–Trinajstić information content (AvgIpc) is 3.64. The quantitative estimate of drug-likeness (QED) is 0.108. The Bertz CT molecular complexity index is 2150. The number of ether oxygens (including phenoxy) is 2. The van der Waals surface area contributed by atoms with Gasteiger partial charge in [-0.1, -0.05) is 79.8 Å². The molecule has 0 unspecified atom stereocenters. The summed E-state index contributed by atoms with van der Waals surface area (Å²) in [5.74, 6) is -1.45. The highest BCUT2D eigenvalue weighted by atomic mass is 28.3. The van der Waals surface area contributed by atoms with Gasteiger partial charge in [-0.3, -0.25) is 19.2 Å². The van der Waals surface area contributed by atoms with Crippen molar-refractivity contribution < 1.29 is 44.0 Å². The normalized spacial score (nSPS) is 20.9. The lowest BCUT2D eigenvalue weighted by Gasteiger charge is -2.37. The number of hydrogen-bond donors (Lipinski definition) is 5. The molecule has 2 heterocycles. The van der Waals surface area contributed by atoms with Crippen molar-refractivity contribution in [3.8, 4) is 5.75 Å². The van der Waals surface area contributed by atoms with Crippen molar-refractivity contribution in [1.29, 1.82) is 0 Å². The number of rotatable bonds is 15. The molecule has 0 radical (unpaired) electrons. The van der Waals surface area contributed by atoms with Gasteiger partial charge in [-0.15, -0.1) is 0 Å². The first-order valence-electron chi connectivity index (χ1n) is 19.9. The molecule has 4 aromatic rings. The lowest BCUT2D eigenvalue weighted by Crippen LogP contribution is -2.52. The molecule has 1 saturated heterocycles. The highest BCUT2D eigenvalue weighted by molar-refractivity contribution is 6.91. The Morgan fingerprint density at radius 1 is 0.881 bits per heavy atom. The summed E-state index contributed by atoms with van der Waals surface area (Å²) >= 11 is 0. The Hall–Kier alpha value is -5.38. The summed E-state index contributed by atoms with van der Waals surface area (Å²) < 4.78 is 12.7. The highest BCUT2D eigenvalue weighted by Crippen LogP contribution is 2.60. The van der Waals surface area contributed by atoms with E-state index in [2.05, 4.69) is 23.7 Å². The van der Waals surface area contributed by atoms with Gasteiger partial charge in [0.1, 0.15) is 18.0 Å². The zero-order chi connectivity index (χ0) is 42.6. The zero-order valence-corrected chi connectivity index (χ0v) is 35.3. The van der Waals surface area contributed by atoms with E-state index in [0.717, 1.165) is 16.3 Å². The molecule has 2 aliphatic heterocycles. The molecule has 0 saturated carbocycles. The third kappa shape index (κ3) is 8.82. The lowest BCUT2D eigenvalue weighted by molar-refractivity contribution is -0.150. The molecule has 0 aliphatic carbocycles. The summed E-state index contributed by atoms with van der Waals surface area (Å²) in [7, 11) is -1.04. The van der Waals surface area contributed by atoms with Gasteiger partial charge in [-0.2, -0.15) is 0 Å². The molecular weight excluding hydrogens is 769 g/mol. The maximum atomic E-state index is 15.4. The molecule has 1 spiro atoms. The van der Waals surface area contributed by atoms with Crippen molar-refractivity contribution in [2.45, 2.75) is 82.8 Å². The van der Waals surface area contributed by atoms with Crippen LogP contribution in [0, 0.1) is 5.92 Å². The van der Waals surface area contributed by atoms with E-state index in [9.17, 15) is 29.7 Å². The largest absolute Gasteiger partial charge is 0.497 e. The molecule has 59 heavy (non-hydrogen) atoms. The van der Waals surface area contributed by atoms with Crippen LogP contribution in [0.1, 0.15) is 43.9 Å². The summed E-state index contributed by atoms with van der Waals surface area (Å²) in [6.07, 6.45) is -3.23. The minimum absolute atomic E-state index is 0.0448. The Morgan fingerprint density at radius 3 is 2.08 bits per heavy atom. The van der Waals surface area contributed by atoms with E-state index in [1.54, 1.807) is 59.4 Å². The number of hydrogen-bond acceptors (Lipinski definition) is 9. The summed E-state index contributed by atoms with van der Waals surface area (Å²) in [6.45, 7) is 9.53. The molecule has 0 bridgehead atoms. The smallest absolute Gasteiger partial charge is 0.264 e. The number of methoxy groups -OCH3 is 1. The molecule has 1 fully saturated rings. The number of nitrogens with one attached hydrogen (secondary N) is 2. The maximum Gasteiger partial charge on any atom is 0.264 e. The fourth-order valence-electron chi connectivity index (χ4n) is 8.64. The van der Waals surface area contributed by atoms with Crippen LogP contribution < -0.4 is 25.5 Å². The van der Waals surface area contributed by atoms with Crippen LogP contribution in [0.4, 0.5) is 17.1 Å². The van der Waals surface area contributed by atoms with Crippen LogP contribution in [0.5, 0.6) is 5.75 Å². The van der Waals surface area contributed by atoms with E-state index >= 15 is 4.79 Å². The number of benzene rings is 4. The maximum absolute atomic E-state index is 15.4. The monoisotopic (exact) mass is 822 g/mol. The molecule has 4 amide bonds. The van der Waals surface area contributed by atoms with Crippen molar-refractivity contribution in [1.82, 2.24) is 4.90 Å². The SMILES string of the molecule is COc1ccc([Si](C)(C)[C@@H]2[C@@H](CC(=O)N(CCO)Cc3ccccc3)O[C@]3(C(=O)N(Cc4ccc(NC(=O)[C@H](C)O)cc4)c4ccc(NC(=O)[C@H](C)O)cc43)[C@H]2C)cc1. The summed E-state index contributed by atoms with van der Waals surface area (Å²) in [6, 6.07) is 29.6. The predicted molar refractivity (Wildman–Crippen MR) is 228 cm³/mol. The standard InChI is InChI=1S/C45H54N4O9Si/c1-28-41(59(5,6)36-19-17-35(57-4)18-20-36)39(25-40(53)48(22-23-50)26-31-10-8-7-9-11-31)58-45(28)37-24-34(47-43(55)30(3)52)16-21-38(37)49(44(45)56)27-32-12-14-33(15-13-32)46-42(54)29(2)51/h7-21,24,28-30,39,41,50-52H,22-23,25-27H2,1-6H3,(H,46,54)(H,47,55)/t28-,29-,30-,39+,41-,45+/m0/s1. The molecule has 4 aromatic carbocycles. The third-order valence-corrected chi connectivity index (χ3v) is 16.1. The highest BCUT2D eigenvalue weighted by Gasteiger charge is 2.66. The van der Waals surface area contributed by atoms with Crippen LogP contribution in [0.3, 0.4) is 0 Å². The molecule has 5 N–H and O–H groups in total. The summed E-state index contributed by atoms with van der Waals surface area (Å²) in [5, 5.41) is 36.3. The minimum atomic E-state index is -2.65. The topological polar surface area (TPSA) is 178 Å². The Kier molecular flexibility index (Phi) is 13.1. The number of aliphatic hydroxyl groups excluding tert-OH is 3. The van der Waals surface area contributed by atoms with Crippen LogP contribution in [-0.2, 0) is 42.6 Å². The van der Waals surface area contributed by atoms with Crippen LogP contribution in [0.25, 0.3) is 0 Å². The van der Waals surface area contributed by atoms with Crippen LogP contribution in [-0.4, -0.2) is 90.5 Å². The average molecular weight is 823 g/mol. The molecule has 6 atom stereocenters. The number of carbonyl (C=O) groups excluding carboxylic acids is 4. The first kappa shape index (κ1) is 43.2. The van der Waals surface area contributed by atoms with E-state index in [1.807, 2.05) is 61.5 Å². The molecule has 2 aliphatic rings. The molecule has 312 valence electrons. The molecule has 0 aromatic heterocycles. The number of fused-ring (bicyclic) bond motifs is 2. The van der Waals surface area contributed by atoms with Crippen molar-refractivity contribution in [2.24, 2.45) is 5.92 Å². The Balaban J connectivity index is 1.44. The molecule has 14 heteroatoms. The van der Waals surface area contributed by atoms with E-state index in [1.165, 1.54) is 13.8 Å². The third-order valence-electron chi connectivity index (χ3n) is 11.7. The molecule has 13 nitrogen and oxygen atoms in total. The summed E-state index contributed by atoms with van der Waals surface area (Å²) in [5.41, 5.74) is 1.79. The molecule has 6 rings (SSSR count). The zero-order valence-electron chi connectivity index (χ0n) is 34.3. The van der Waals surface area contributed by atoms with Crippen LogP contribution >= 0.6 is 0 Å². The second-order valence-corrected chi connectivity index (χ2v) is 20.7. The van der Waals surface area contributed by atoms with Crippen molar-refractivity contribution in [3.63, 3.8) is 0 Å². The van der Waals surface area contributed by atoms with Gasteiger partial charge in [0.2, 0.25) is 5.91 Å². The summed E-state index contributed by atoms with van der Waals surface area (Å²) in [4.78, 5) is 57.9. The van der Waals surface area contributed by atoms with Crippen molar-refractivity contribution in [3.05, 3.63) is 114 Å². The van der Waals surface area contributed by atoms with Gasteiger partial charge in [-0.05, 0) is 73.0 Å². The van der Waals surface area contributed by atoms with Crippen LogP contribution in [0.15, 0.2) is 97.1 Å². The fourth-order valence-corrected chi connectivity index (χ4v) is 12.6. The number of anilines is 3. The number of amides is 4. The number of nitrogens with zero attached hydrogens (tertiary/aromatic N) is 2. The van der Waals surface area contributed by atoms with Crippen molar-refractivity contribution >= 4 is 54.0 Å². The van der Waals surface area contributed by atoms with E-state index in [0.29, 0.717) is 34.9 Å². The number of carbonyl (C=O) groups is 4. The number of aliphatic hydroxyl groups is 3. The first-order chi connectivity index (χ1) is 28.1. The second kappa shape index (κ2) is 17.9. The predicted octanol–water partition coefficient (Wildman–Crippen LogP) is 4.51.